The van der Waals surface area contributed by atoms with Gasteiger partial charge >= 0.3 is 0 Å². The van der Waals surface area contributed by atoms with Crippen LogP contribution in [0.25, 0.3) is 0 Å². The third kappa shape index (κ3) is 3.99. The van der Waals surface area contributed by atoms with Crippen molar-refractivity contribution in [1.29, 1.82) is 0 Å². The summed E-state index contributed by atoms with van der Waals surface area (Å²) in [6, 6.07) is 14.5. The van der Waals surface area contributed by atoms with Crippen LogP contribution in [0.15, 0.2) is 48.5 Å². The van der Waals surface area contributed by atoms with Crippen LogP contribution in [-0.4, -0.2) is 19.1 Å². The molecule has 0 aliphatic carbocycles. The fourth-order valence-corrected chi connectivity index (χ4v) is 1.94. The lowest BCUT2D eigenvalue weighted by Gasteiger charge is -2.11. The second-order valence-electron chi connectivity index (χ2n) is 4.34. The van der Waals surface area contributed by atoms with Gasteiger partial charge in [-0.05, 0) is 44.2 Å². The van der Waals surface area contributed by atoms with E-state index in [1.54, 1.807) is 18.2 Å². The molecule has 4 heteroatoms. The van der Waals surface area contributed by atoms with Gasteiger partial charge in [-0.25, -0.2) is 0 Å². The van der Waals surface area contributed by atoms with Gasteiger partial charge in [0.15, 0.2) is 0 Å². The van der Waals surface area contributed by atoms with Crippen molar-refractivity contribution in [2.45, 2.75) is 13.8 Å². The summed E-state index contributed by atoms with van der Waals surface area (Å²) >= 11 is 0. The molecule has 0 radical (unpaired) electrons. The Labute approximate surface area is 124 Å². The summed E-state index contributed by atoms with van der Waals surface area (Å²) in [5, 5.41) is 2.86. The Balaban J connectivity index is 2.16. The van der Waals surface area contributed by atoms with Gasteiger partial charge in [0.2, 0.25) is 0 Å². The van der Waals surface area contributed by atoms with Crippen LogP contribution in [0.5, 0.6) is 11.5 Å². The van der Waals surface area contributed by atoms with E-state index in [1.165, 1.54) is 0 Å². The predicted octanol–water partition coefficient (Wildman–Crippen LogP) is 3.74. The van der Waals surface area contributed by atoms with Crippen molar-refractivity contribution < 1.29 is 14.3 Å². The first-order valence-electron chi connectivity index (χ1n) is 7.00. The van der Waals surface area contributed by atoms with Gasteiger partial charge in [0, 0.05) is 5.56 Å². The first-order chi connectivity index (χ1) is 10.2. The lowest BCUT2D eigenvalue weighted by atomic mass is 10.2. The normalized spacial score (nSPS) is 10.0. The number of rotatable bonds is 6. The molecular formula is C17H19NO3. The molecule has 1 N–H and O–H groups in total. The Bertz CT molecular complexity index is 610. The molecule has 2 aromatic rings. The van der Waals surface area contributed by atoms with Crippen molar-refractivity contribution >= 4 is 11.6 Å². The van der Waals surface area contributed by atoms with Crippen LogP contribution in [0.3, 0.4) is 0 Å². The predicted molar refractivity (Wildman–Crippen MR) is 83.2 cm³/mol. The summed E-state index contributed by atoms with van der Waals surface area (Å²) < 4.78 is 10.9. The van der Waals surface area contributed by atoms with E-state index >= 15 is 0 Å². The fourth-order valence-electron chi connectivity index (χ4n) is 1.94. The summed E-state index contributed by atoms with van der Waals surface area (Å²) in [7, 11) is 0. The standard InChI is InChI=1S/C17H19NO3/c1-3-20-14-9-7-8-13(12-14)17(19)18-15-10-5-6-11-16(15)21-4-2/h5-12H,3-4H2,1-2H3,(H,18,19). The Kier molecular flexibility index (Phi) is 5.21. The maximum atomic E-state index is 12.3. The minimum absolute atomic E-state index is 0.191. The number of carbonyl (C=O) groups is 1. The minimum atomic E-state index is -0.191. The second-order valence-corrected chi connectivity index (χ2v) is 4.34. The molecule has 21 heavy (non-hydrogen) atoms. The summed E-state index contributed by atoms with van der Waals surface area (Å²) in [5.41, 5.74) is 1.21. The Morgan fingerprint density at radius 2 is 1.76 bits per heavy atom. The number of anilines is 1. The molecule has 1 amide bonds. The second kappa shape index (κ2) is 7.33. The van der Waals surface area contributed by atoms with Crippen LogP contribution < -0.4 is 14.8 Å². The molecule has 0 bridgehead atoms. The third-order valence-corrected chi connectivity index (χ3v) is 2.84. The average Bonchev–Trinajstić information content (AvgIpc) is 2.50. The van der Waals surface area contributed by atoms with Gasteiger partial charge in [-0.15, -0.1) is 0 Å². The lowest BCUT2D eigenvalue weighted by molar-refractivity contribution is 0.102. The summed E-state index contributed by atoms with van der Waals surface area (Å²) in [6.45, 7) is 4.93. The van der Waals surface area contributed by atoms with Crippen molar-refractivity contribution in [1.82, 2.24) is 0 Å². The average molecular weight is 285 g/mol. The zero-order valence-corrected chi connectivity index (χ0v) is 12.3. The highest BCUT2D eigenvalue weighted by molar-refractivity contribution is 6.05. The Morgan fingerprint density at radius 3 is 2.52 bits per heavy atom. The van der Waals surface area contributed by atoms with E-state index in [4.69, 9.17) is 9.47 Å². The van der Waals surface area contributed by atoms with Gasteiger partial charge < -0.3 is 14.8 Å². The van der Waals surface area contributed by atoms with Crippen LogP contribution in [0.2, 0.25) is 0 Å². The summed E-state index contributed by atoms with van der Waals surface area (Å²) in [5.74, 6) is 1.15. The summed E-state index contributed by atoms with van der Waals surface area (Å²) in [4.78, 5) is 12.3. The van der Waals surface area contributed by atoms with E-state index in [1.807, 2.05) is 44.2 Å². The molecule has 0 saturated heterocycles. The first kappa shape index (κ1) is 14.9. The number of amides is 1. The molecule has 0 aliphatic heterocycles. The molecule has 0 aromatic heterocycles. The van der Waals surface area contributed by atoms with Crippen molar-refractivity contribution in [3.8, 4) is 11.5 Å². The largest absolute Gasteiger partial charge is 0.494 e. The highest BCUT2D eigenvalue weighted by Gasteiger charge is 2.10. The van der Waals surface area contributed by atoms with Gasteiger partial charge in [-0.2, -0.15) is 0 Å². The van der Waals surface area contributed by atoms with Crippen LogP contribution in [-0.2, 0) is 0 Å². The van der Waals surface area contributed by atoms with Gasteiger partial charge in [0.25, 0.3) is 5.91 Å². The molecule has 0 spiro atoms. The summed E-state index contributed by atoms with van der Waals surface area (Å²) in [6.07, 6.45) is 0. The number of hydrogen-bond donors (Lipinski definition) is 1. The molecule has 0 aliphatic rings. The maximum Gasteiger partial charge on any atom is 0.255 e. The van der Waals surface area contributed by atoms with E-state index < -0.39 is 0 Å². The molecule has 2 rings (SSSR count). The quantitative estimate of drug-likeness (QED) is 0.879. The van der Waals surface area contributed by atoms with Crippen molar-refractivity contribution in [2.75, 3.05) is 18.5 Å². The van der Waals surface area contributed by atoms with E-state index in [0.29, 0.717) is 36.0 Å². The van der Waals surface area contributed by atoms with Crippen LogP contribution in [0, 0.1) is 0 Å². The molecular weight excluding hydrogens is 266 g/mol. The molecule has 4 nitrogen and oxygen atoms in total. The number of benzene rings is 2. The van der Waals surface area contributed by atoms with E-state index in [0.717, 1.165) is 0 Å². The van der Waals surface area contributed by atoms with Gasteiger partial charge in [0.05, 0.1) is 18.9 Å². The molecule has 0 fully saturated rings. The topological polar surface area (TPSA) is 47.6 Å². The minimum Gasteiger partial charge on any atom is -0.494 e. The van der Waals surface area contributed by atoms with Crippen molar-refractivity contribution in [2.24, 2.45) is 0 Å². The van der Waals surface area contributed by atoms with E-state index in [-0.39, 0.29) is 5.91 Å². The van der Waals surface area contributed by atoms with Crippen LogP contribution >= 0.6 is 0 Å². The Hall–Kier alpha value is -2.49. The third-order valence-electron chi connectivity index (χ3n) is 2.84. The van der Waals surface area contributed by atoms with Crippen molar-refractivity contribution in [3.63, 3.8) is 0 Å². The van der Waals surface area contributed by atoms with Gasteiger partial charge in [0.1, 0.15) is 11.5 Å². The molecule has 0 heterocycles. The van der Waals surface area contributed by atoms with Crippen LogP contribution in [0.1, 0.15) is 24.2 Å². The SMILES string of the molecule is CCOc1cccc(C(=O)Nc2ccccc2OCC)c1. The van der Waals surface area contributed by atoms with Gasteiger partial charge in [-0.1, -0.05) is 18.2 Å². The number of hydrogen-bond acceptors (Lipinski definition) is 3. The smallest absolute Gasteiger partial charge is 0.255 e. The molecule has 110 valence electrons. The monoisotopic (exact) mass is 285 g/mol. The zero-order chi connectivity index (χ0) is 15.1. The Morgan fingerprint density at radius 1 is 1.00 bits per heavy atom. The van der Waals surface area contributed by atoms with E-state index in [9.17, 15) is 4.79 Å². The van der Waals surface area contributed by atoms with E-state index in [2.05, 4.69) is 5.32 Å². The first-order valence-corrected chi connectivity index (χ1v) is 7.00. The number of para-hydroxylation sites is 2. The molecule has 0 saturated carbocycles. The molecule has 0 unspecified atom stereocenters. The van der Waals surface area contributed by atoms with Crippen molar-refractivity contribution in [3.05, 3.63) is 54.1 Å². The highest BCUT2D eigenvalue weighted by atomic mass is 16.5. The number of nitrogens with one attached hydrogen (secondary N) is 1. The molecule has 0 atom stereocenters. The fraction of sp³-hybridized carbons (Fsp3) is 0.235. The number of ether oxygens (including phenoxy) is 2. The number of carbonyl (C=O) groups excluding carboxylic acids is 1. The molecule has 2 aromatic carbocycles. The lowest BCUT2D eigenvalue weighted by Crippen LogP contribution is -2.13. The zero-order valence-electron chi connectivity index (χ0n) is 12.3. The van der Waals surface area contributed by atoms with Crippen LogP contribution in [0.4, 0.5) is 5.69 Å². The maximum absolute atomic E-state index is 12.3. The van der Waals surface area contributed by atoms with Gasteiger partial charge in [-0.3, -0.25) is 4.79 Å². The highest BCUT2D eigenvalue weighted by Crippen LogP contribution is 2.24.